The molecule has 0 bridgehead atoms. The molecule has 0 aromatic heterocycles. The maximum Gasteiger partial charge on any atom is 0.252 e. The number of carbonyl (C=O) groups excluding carboxylic acids is 2. The van der Waals surface area contributed by atoms with Crippen LogP contribution in [0.2, 0.25) is 0 Å². The number of halogens is 1. The zero-order chi connectivity index (χ0) is 16.8. The van der Waals surface area contributed by atoms with Crippen LogP contribution >= 0.6 is 22.6 Å². The zero-order valence-corrected chi connectivity index (χ0v) is 15.3. The number of rotatable bonds is 5. The van der Waals surface area contributed by atoms with Crippen molar-refractivity contribution in [1.29, 1.82) is 0 Å². The quantitative estimate of drug-likeness (QED) is 0.725. The summed E-state index contributed by atoms with van der Waals surface area (Å²) < 4.78 is 0.949. The van der Waals surface area contributed by atoms with Crippen LogP contribution in [0.15, 0.2) is 42.5 Å². The van der Waals surface area contributed by atoms with E-state index in [1.807, 2.05) is 49.4 Å². The molecular formula is C18H19IN2O2. The lowest BCUT2D eigenvalue weighted by Crippen LogP contribution is -2.26. The number of anilines is 1. The average Bonchev–Trinajstić information content (AvgIpc) is 2.51. The molecule has 0 spiro atoms. The maximum absolute atomic E-state index is 12.2. The molecule has 0 aliphatic carbocycles. The van der Waals surface area contributed by atoms with Crippen LogP contribution in [0.4, 0.5) is 5.69 Å². The summed E-state index contributed by atoms with van der Waals surface area (Å²) in [4.78, 5) is 23.2. The minimum Gasteiger partial charge on any atom is -0.352 e. The van der Waals surface area contributed by atoms with E-state index >= 15 is 0 Å². The standard InChI is InChI=1S/C18H19IN2O2/c1-12-3-8-17(19)16(11-12)18(23)20-10-9-14-4-6-15(7-5-14)21-13(2)22/h3-8,11H,9-10H2,1-2H3,(H,20,23)(H,21,22). The van der Waals surface area contributed by atoms with Crippen LogP contribution in [0.5, 0.6) is 0 Å². The highest BCUT2D eigenvalue weighted by atomic mass is 127. The lowest BCUT2D eigenvalue weighted by molar-refractivity contribution is -0.114. The summed E-state index contributed by atoms with van der Waals surface area (Å²) in [5.41, 5.74) is 3.67. The van der Waals surface area contributed by atoms with E-state index in [0.717, 1.165) is 26.8 Å². The van der Waals surface area contributed by atoms with Crippen molar-refractivity contribution in [3.63, 3.8) is 0 Å². The zero-order valence-electron chi connectivity index (χ0n) is 13.2. The van der Waals surface area contributed by atoms with Gasteiger partial charge < -0.3 is 10.6 Å². The van der Waals surface area contributed by atoms with E-state index in [0.29, 0.717) is 12.1 Å². The molecule has 2 aromatic carbocycles. The Bertz CT molecular complexity index is 711. The smallest absolute Gasteiger partial charge is 0.252 e. The highest BCUT2D eigenvalue weighted by Crippen LogP contribution is 2.14. The SMILES string of the molecule is CC(=O)Nc1ccc(CCNC(=O)c2cc(C)ccc2I)cc1. The predicted octanol–water partition coefficient (Wildman–Crippen LogP) is 3.53. The van der Waals surface area contributed by atoms with Gasteiger partial charge in [-0.25, -0.2) is 0 Å². The summed E-state index contributed by atoms with van der Waals surface area (Å²) in [7, 11) is 0. The first-order valence-electron chi connectivity index (χ1n) is 7.36. The summed E-state index contributed by atoms with van der Waals surface area (Å²) in [5, 5.41) is 5.68. The first-order chi connectivity index (χ1) is 11.0. The van der Waals surface area contributed by atoms with Crippen molar-refractivity contribution in [3.05, 3.63) is 62.7 Å². The Morgan fingerprint density at radius 2 is 1.78 bits per heavy atom. The van der Waals surface area contributed by atoms with Gasteiger partial charge in [-0.3, -0.25) is 9.59 Å². The second-order valence-corrected chi connectivity index (χ2v) is 6.53. The van der Waals surface area contributed by atoms with Crippen molar-refractivity contribution in [3.8, 4) is 0 Å². The minimum atomic E-state index is -0.0854. The molecule has 0 fully saturated rings. The molecule has 2 N–H and O–H groups in total. The van der Waals surface area contributed by atoms with Gasteiger partial charge in [-0.2, -0.15) is 0 Å². The van der Waals surface area contributed by atoms with E-state index < -0.39 is 0 Å². The van der Waals surface area contributed by atoms with Crippen molar-refractivity contribution in [2.45, 2.75) is 20.3 Å². The normalized spacial score (nSPS) is 10.2. The Balaban J connectivity index is 1.88. The van der Waals surface area contributed by atoms with Gasteiger partial charge >= 0.3 is 0 Å². The van der Waals surface area contributed by atoms with Crippen LogP contribution < -0.4 is 10.6 Å². The molecule has 0 radical (unpaired) electrons. The van der Waals surface area contributed by atoms with Gasteiger partial charge in [0.05, 0.1) is 5.56 Å². The van der Waals surface area contributed by atoms with Gasteiger partial charge in [-0.05, 0) is 65.8 Å². The lowest BCUT2D eigenvalue weighted by atomic mass is 10.1. The van der Waals surface area contributed by atoms with Gasteiger partial charge in [0.1, 0.15) is 0 Å². The summed E-state index contributed by atoms with van der Waals surface area (Å²) >= 11 is 2.17. The van der Waals surface area contributed by atoms with Crippen LogP contribution in [-0.2, 0) is 11.2 Å². The Morgan fingerprint density at radius 3 is 2.43 bits per heavy atom. The second-order valence-electron chi connectivity index (χ2n) is 5.37. The fourth-order valence-electron chi connectivity index (χ4n) is 2.19. The number of aryl methyl sites for hydroxylation is 1. The van der Waals surface area contributed by atoms with Gasteiger partial charge in [0.15, 0.2) is 0 Å². The number of carbonyl (C=O) groups is 2. The van der Waals surface area contributed by atoms with Crippen LogP contribution in [-0.4, -0.2) is 18.4 Å². The molecule has 0 aliphatic heterocycles. The molecule has 0 saturated carbocycles. The van der Waals surface area contributed by atoms with Crippen molar-refractivity contribution in [2.75, 3.05) is 11.9 Å². The average molecular weight is 422 g/mol. The first kappa shape index (κ1) is 17.5. The highest BCUT2D eigenvalue weighted by molar-refractivity contribution is 14.1. The third kappa shape index (κ3) is 5.35. The van der Waals surface area contributed by atoms with Gasteiger partial charge in [0.25, 0.3) is 5.91 Å². The van der Waals surface area contributed by atoms with E-state index in [1.54, 1.807) is 0 Å². The molecule has 4 nitrogen and oxygen atoms in total. The Hall–Kier alpha value is -1.89. The van der Waals surface area contributed by atoms with Crippen LogP contribution in [0.1, 0.15) is 28.4 Å². The van der Waals surface area contributed by atoms with Gasteiger partial charge in [-0.1, -0.05) is 23.8 Å². The fourth-order valence-corrected chi connectivity index (χ4v) is 2.77. The van der Waals surface area contributed by atoms with Crippen LogP contribution in [0.3, 0.4) is 0 Å². The highest BCUT2D eigenvalue weighted by Gasteiger charge is 2.09. The monoisotopic (exact) mass is 422 g/mol. The summed E-state index contributed by atoms with van der Waals surface area (Å²) in [6.45, 7) is 4.03. The summed E-state index contributed by atoms with van der Waals surface area (Å²) in [5.74, 6) is -0.134. The first-order valence-corrected chi connectivity index (χ1v) is 8.44. The number of nitrogens with one attached hydrogen (secondary N) is 2. The Morgan fingerprint density at radius 1 is 1.09 bits per heavy atom. The molecule has 2 rings (SSSR count). The van der Waals surface area contributed by atoms with E-state index in [2.05, 4.69) is 33.2 Å². The molecule has 0 saturated heterocycles. The van der Waals surface area contributed by atoms with Crippen molar-refractivity contribution >= 4 is 40.1 Å². The molecule has 5 heteroatoms. The van der Waals surface area contributed by atoms with Gasteiger partial charge in [0.2, 0.25) is 5.91 Å². The fraction of sp³-hybridized carbons (Fsp3) is 0.222. The maximum atomic E-state index is 12.2. The number of benzene rings is 2. The van der Waals surface area contributed by atoms with Crippen LogP contribution in [0, 0.1) is 10.5 Å². The topological polar surface area (TPSA) is 58.2 Å². The van der Waals surface area contributed by atoms with Crippen molar-refractivity contribution in [1.82, 2.24) is 5.32 Å². The Kier molecular flexibility index (Phi) is 6.15. The van der Waals surface area contributed by atoms with Crippen molar-refractivity contribution in [2.24, 2.45) is 0 Å². The largest absolute Gasteiger partial charge is 0.352 e. The second kappa shape index (κ2) is 8.10. The van der Waals surface area contributed by atoms with Crippen molar-refractivity contribution < 1.29 is 9.59 Å². The number of hydrogen-bond acceptors (Lipinski definition) is 2. The summed E-state index contributed by atoms with van der Waals surface area (Å²) in [6, 6.07) is 13.5. The van der Waals surface area contributed by atoms with E-state index in [-0.39, 0.29) is 11.8 Å². The molecule has 0 atom stereocenters. The van der Waals surface area contributed by atoms with E-state index in [1.165, 1.54) is 6.92 Å². The third-order valence-electron chi connectivity index (χ3n) is 3.34. The van der Waals surface area contributed by atoms with Gasteiger partial charge in [-0.15, -0.1) is 0 Å². The molecule has 2 aromatic rings. The molecule has 2 amide bonds. The lowest BCUT2D eigenvalue weighted by Gasteiger charge is -2.08. The molecule has 0 heterocycles. The molecule has 0 unspecified atom stereocenters. The Labute approximate surface area is 149 Å². The number of amides is 2. The molecule has 0 aliphatic rings. The van der Waals surface area contributed by atoms with Crippen LogP contribution in [0.25, 0.3) is 0 Å². The minimum absolute atomic E-state index is 0.0482. The van der Waals surface area contributed by atoms with E-state index in [4.69, 9.17) is 0 Å². The molecule has 23 heavy (non-hydrogen) atoms. The third-order valence-corrected chi connectivity index (χ3v) is 4.28. The number of hydrogen-bond donors (Lipinski definition) is 2. The van der Waals surface area contributed by atoms with E-state index in [9.17, 15) is 9.59 Å². The summed E-state index contributed by atoms with van der Waals surface area (Å²) in [6.07, 6.45) is 0.745. The predicted molar refractivity (Wildman–Crippen MR) is 101 cm³/mol. The molecular weight excluding hydrogens is 403 g/mol. The molecule has 120 valence electrons. The van der Waals surface area contributed by atoms with Gasteiger partial charge in [0, 0.05) is 22.7 Å².